The zero-order chi connectivity index (χ0) is 14.5. The van der Waals surface area contributed by atoms with Crippen molar-refractivity contribution < 1.29 is 9.13 Å². The smallest absolute Gasteiger partial charge is 0.156 e. The van der Waals surface area contributed by atoms with Crippen LogP contribution in [0.25, 0.3) is 0 Å². The standard InChI is InChI=1S/C15H20FN3O/c1-2-14(18)15(12-5-3-4-6-13(12)16)19-7-8-20-11(9-17)10-19/h3-6,11,14-15H,2,7-8,10,18H2,1H3. The van der Waals surface area contributed by atoms with Crippen LogP contribution in [0.2, 0.25) is 0 Å². The molecule has 0 radical (unpaired) electrons. The van der Waals surface area contributed by atoms with Gasteiger partial charge in [0, 0.05) is 24.7 Å². The summed E-state index contributed by atoms with van der Waals surface area (Å²) < 4.78 is 19.4. The molecule has 1 heterocycles. The molecule has 2 N–H and O–H groups in total. The number of nitriles is 1. The molecule has 20 heavy (non-hydrogen) atoms. The Labute approximate surface area is 118 Å². The Morgan fingerprint density at radius 3 is 2.95 bits per heavy atom. The van der Waals surface area contributed by atoms with Crippen LogP contribution in [0.5, 0.6) is 0 Å². The molecule has 0 spiro atoms. The summed E-state index contributed by atoms with van der Waals surface area (Å²) >= 11 is 0. The van der Waals surface area contributed by atoms with E-state index in [0.29, 0.717) is 25.3 Å². The Kier molecular flexibility index (Phi) is 5.07. The fraction of sp³-hybridized carbons (Fsp3) is 0.533. The van der Waals surface area contributed by atoms with E-state index >= 15 is 0 Å². The summed E-state index contributed by atoms with van der Waals surface area (Å²) in [5, 5.41) is 9.00. The maximum atomic E-state index is 14.1. The third kappa shape index (κ3) is 3.15. The van der Waals surface area contributed by atoms with Gasteiger partial charge in [-0.2, -0.15) is 5.26 Å². The Bertz CT molecular complexity index is 488. The Morgan fingerprint density at radius 1 is 1.55 bits per heavy atom. The molecule has 1 aromatic carbocycles. The summed E-state index contributed by atoms with van der Waals surface area (Å²) in [5.74, 6) is -0.249. The van der Waals surface area contributed by atoms with Gasteiger partial charge in [0.05, 0.1) is 18.7 Å². The lowest BCUT2D eigenvalue weighted by Gasteiger charge is -2.39. The second kappa shape index (κ2) is 6.80. The molecule has 4 nitrogen and oxygen atoms in total. The van der Waals surface area contributed by atoms with Gasteiger partial charge in [0.25, 0.3) is 0 Å². The zero-order valence-corrected chi connectivity index (χ0v) is 11.6. The number of benzene rings is 1. The average molecular weight is 277 g/mol. The van der Waals surface area contributed by atoms with Gasteiger partial charge >= 0.3 is 0 Å². The van der Waals surface area contributed by atoms with Gasteiger partial charge in [0.2, 0.25) is 0 Å². The number of rotatable bonds is 4. The van der Waals surface area contributed by atoms with Crippen molar-refractivity contribution in [3.05, 3.63) is 35.6 Å². The topological polar surface area (TPSA) is 62.3 Å². The van der Waals surface area contributed by atoms with E-state index in [9.17, 15) is 4.39 Å². The molecule has 3 atom stereocenters. The molecule has 5 heteroatoms. The summed E-state index contributed by atoms with van der Waals surface area (Å²) in [7, 11) is 0. The number of halogens is 1. The maximum absolute atomic E-state index is 14.1. The van der Waals surface area contributed by atoms with E-state index < -0.39 is 6.10 Å². The van der Waals surface area contributed by atoms with Gasteiger partial charge in [-0.1, -0.05) is 25.1 Å². The lowest BCUT2D eigenvalue weighted by Crippen LogP contribution is -2.49. The van der Waals surface area contributed by atoms with Crippen LogP contribution in [0.15, 0.2) is 24.3 Å². The van der Waals surface area contributed by atoms with Crippen LogP contribution in [0.3, 0.4) is 0 Å². The van der Waals surface area contributed by atoms with E-state index in [4.69, 9.17) is 15.7 Å². The molecule has 1 fully saturated rings. The van der Waals surface area contributed by atoms with Crippen molar-refractivity contribution in [1.82, 2.24) is 4.90 Å². The number of nitrogens with zero attached hydrogens (tertiary/aromatic N) is 2. The monoisotopic (exact) mass is 277 g/mol. The largest absolute Gasteiger partial charge is 0.361 e. The lowest BCUT2D eigenvalue weighted by molar-refractivity contribution is -0.0228. The summed E-state index contributed by atoms with van der Waals surface area (Å²) in [5.41, 5.74) is 6.80. The summed E-state index contributed by atoms with van der Waals surface area (Å²) in [6, 6.07) is 8.42. The first-order valence-corrected chi connectivity index (χ1v) is 6.92. The van der Waals surface area contributed by atoms with Gasteiger partial charge < -0.3 is 10.5 Å². The third-order valence-electron chi connectivity index (χ3n) is 3.74. The Balaban J connectivity index is 2.29. The minimum Gasteiger partial charge on any atom is -0.361 e. The fourth-order valence-corrected chi connectivity index (χ4v) is 2.64. The molecule has 3 unspecified atom stereocenters. The predicted molar refractivity (Wildman–Crippen MR) is 74.3 cm³/mol. The normalized spacial score (nSPS) is 23.0. The van der Waals surface area contributed by atoms with Crippen LogP contribution < -0.4 is 5.73 Å². The maximum Gasteiger partial charge on any atom is 0.156 e. The molecule has 1 aliphatic rings. The molecule has 1 saturated heterocycles. The predicted octanol–water partition coefficient (Wildman–Crippen LogP) is 1.83. The highest BCUT2D eigenvalue weighted by Crippen LogP contribution is 2.28. The first kappa shape index (κ1) is 14.9. The van der Waals surface area contributed by atoms with Crippen molar-refractivity contribution in [3.8, 4) is 6.07 Å². The minimum atomic E-state index is -0.470. The molecule has 1 aromatic rings. The number of nitrogens with two attached hydrogens (primary N) is 1. The first-order valence-electron chi connectivity index (χ1n) is 6.92. The summed E-state index contributed by atoms with van der Waals surface area (Å²) in [4.78, 5) is 2.06. The lowest BCUT2D eigenvalue weighted by atomic mass is 9.95. The van der Waals surface area contributed by atoms with Crippen molar-refractivity contribution in [2.45, 2.75) is 31.5 Å². The van der Waals surface area contributed by atoms with E-state index in [-0.39, 0.29) is 17.9 Å². The molecule has 1 aliphatic heterocycles. The van der Waals surface area contributed by atoms with Crippen molar-refractivity contribution in [2.24, 2.45) is 5.73 Å². The van der Waals surface area contributed by atoms with Gasteiger partial charge in [-0.25, -0.2) is 4.39 Å². The van der Waals surface area contributed by atoms with E-state index in [1.165, 1.54) is 6.07 Å². The quantitative estimate of drug-likeness (QED) is 0.912. The Hall–Kier alpha value is -1.48. The van der Waals surface area contributed by atoms with Crippen LogP contribution >= 0.6 is 0 Å². The molecule has 0 aromatic heterocycles. The van der Waals surface area contributed by atoms with Crippen molar-refractivity contribution in [1.29, 1.82) is 5.26 Å². The number of morpholine rings is 1. The highest BCUT2D eigenvalue weighted by Gasteiger charge is 2.32. The first-order chi connectivity index (χ1) is 9.67. The minimum absolute atomic E-state index is 0.177. The molecular weight excluding hydrogens is 257 g/mol. The molecule has 0 bridgehead atoms. The van der Waals surface area contributed by atoms with Gasteiger partial charge in [0.15, 0.2) is 6.10 Å². The van der Waals surface area contributed by atoms with E-state index in [2.05, 4.69) is 11.0 Å². The SMILES string of the molecule is CCC(N)C(c1ccccc1F)N1CCOC(C#N)C1. The van der Waals surface area contributed by atoms with E-state index in [0.717, 1.165) is 6.42 Å². The molecule has 108 valence electrons. The third-order valence-corrected chi connectivity index (χ3v) is 3.74. The van der Waals surface area contributed by atoms with Crippen LogP contribution in [0, 0.1) is 17.1 Å². The van der Waals surface area contributed by atoms with Crippen LogP contribution in [-0.4, -0.2) is 36.7 Å². The highest BCUT2D eigenvalue weighted by molar-refractivity contribution is 5.23. The van der Waals surface area contributed by atoms with Crippen LogP contribution in [-0.2, 0) is 4.74 Å². The zero-order valence-electron chi connectivity index (χ0n) is 11.6. The molecule has 0 amide bonds. The summed E-state index contributed by atoms with van der Waals surface area (Å²) in [6.07, 6.45) is 0.273. The number of ether oxygens (including phenoxy) is 1. The molecular formula is C15H20FN3O. The fourth-order valence-electron chi connectivity index (χ4n) is 2.64. The highest BCUT2D eigenvalue weighted by atomic mass is 19.1. The van der Waals surface area contributed by atoms with Gasteiger partial charge in [-0.3, -0.25) is 4.90 Å². The number of hydrogen-bond acceptors (Lipinski definition) is 4. The van der Waals surface area contributed by atoms with Crippen LogP contribution in [0.1, 0.15) is 24.9 Å². The molecule has 0 aliphatic carbocycles. The van der Waals surface area contributed by atoms with Gasteiger partial charge in [-0.05, 0) is 12.5 Å². The second-order valence-electron chi connectivity index (χ2n) is 5.02. The van der Waals surface area contributed by atoms with E-state index in [1.807, 2.05) is 13.0 Å². The van der Waals surface area contributed by atoms with E-state index in [1.54, 1.807) is 12.1 Å². The number of hydrogen-bond donors (Lipinski definition) is 1. The van der Waals surface area contributed by atoms with Crippen molar-refractivity contribution in [2.75, 3.05) is 19.7 Å². The Morgan fingerprint density at radius 2 is 2.30 bits per heavy atom. The molecule has 0 saturated carbocycles. The van der Waals surface area contributed by atoms with Gasteiger partial charge in [0.1, 0.15) is 5.82 Å². The van der Waals surface area contributed by atoms with Crippen LogP contribution in [0.4, 0.5) is 4.39 Å². The van der Waals surface area contributed by atoms with Crippen molar-refractivity contribution >= 4 is 0 Å². The summed E-state index contributed by atoms with van der Waals surface area (Å²) in [6.45, 7) is 3.58. The average Bonchev–Trinajstić information content (AvgIpc) is 2.49. The molecule has 2 rings (SSSR count). The van der Waals surface area contributed by atoms with Crippen molar-refractivity contribution in [3.63, 3.8) is 0 Å². The van der Waals surface area contributed by atoms with Gasteiger partial charge in [-0.15, -0.1) is 0 Å². The second-order valence-corrected chi connectivity index (χ2v) is 5.02.